The largest absolute Gasteiger partial charge is 0.0776 e. The van der Waals surface area contributed by atoms with Crippen molar-refractivity contribution in [2.45, 2.75) is 79.1 Å². The van der Waals surface area contributed by atoms with Gasteiger partial charge < -0.3 is 0 Å². The van der Waals surface area contributed by atoms with Gasteiger partial charge in [0.15, 0.2) is 0 Å². The van der Waals surface area contributed by atoms with Crippen LogP contribution in [-0.4, -0.2) is 0 Å². The van der Waals surface area contributed by atoms with Gasteiger partial charge in [-0.05, 0) is 69.2 Å². The van der Waals surface area contributed by atoms with Gasteiger partial charge in [0.05, 0.1) is 0 Å². The zero-order chi connectivity index (χ0) is 25.6. The maximum atomic E-state index is 2.32. The van der Waals surface area contributed by atoms with Crippen LogP contribution in [0.3, 0.4) is 0 Å². The summed E-state index contributed by atoms with van der Waals surface area (Å²) < 4.78 is 0. The molecule has 7 rings (SSSR count). The minimum atomic E-state index is 0. The number of benzene rings is 4. The average molecular weight is 489 g/mol. The van der Waals surface area contributed by atoms with Gasteiger partial charge in [-0.2, -0.15) is 0 Å². The number of hydrogen-bond acceptors (Lipinski definition) is 0. The van der Waals surface area contributed by atoms with Gasteiger partial charge in [-0.15, -0.1) is 0 Å². The van der Waals surface area contributed by atoms with Gasteiger partial charge in [-0.1, -0.05) is 146 Å². The lowest BCUT2D eigenvalue weighted by molar-refractivity contribution is 0.610. The topological polar surface area (TPSA) is 0 Å². The van der Waals surface area contributed by atoms with Crippen molar-refractivity contribution in [1.82, 2.24) is 0 Å². The van der Waals surface area contributed by atoms with Crippen molar-refractivity contribution in [3.05, 3.63) is 130 Å². The summed E-state index contributed by atoms with van der Waals surface area (Å²) in [5.74, 6) is 0. The highest BCUT2D eigenvalue weighted by molar-refractivity contribution is 5.80. The molecule has 37 heavy (non-hydrogen) atoms. The minimum absolute atomic E-state index is 0. The van der Waals surface area contributed by atoms with Crippen molar-refractivity contribution in [2.75, 3.05) is 0 Å². The first kappa shape index (κ1) is 26.9. The maximum Gasteiger partial charge on any atom is 0.0158 e. The average Bonchev–Trinajstić information content (AvgIpc) is 3.53. The number of rotatable bonds is 0. The maximum absolute atomic E-state index is 2.32. The highest BCUT2D eigenvalue weighted by Gasteiger charge is 2.34. The quantitative estimate of drug-likeness (QED) is 0.231. The summed E-state index contributed by atoms with van der Waals surface area (Å²) in [5, 5.41) is 0. The molecule has 0 unspecified atom stereocenters. The Morgan fingerprint density at radius 3 is 1.11 bits per heavy atom. The molecule has 0 amide bonds. The Kier molecular flexibility index (Phi) is 7.26. The van der Waals surface area contributed by atoms with E-state index in [4.69, 9.17) is 0 Å². The van der Waals surface area contributed by atoms with Gasteiger partial charge >= 0.3 is 0 Å². The fourth-order valence-corrected chi connectivity index (χ4v) is 5.84. The molecular weight excluding hydrogens is 444 g/mol. The lowest BCUT2D eigenvalue weighted by Crippen LogP contribution is -2.26. The molecule has 1 saturated carbocycles. The first-order chi connectivity index (χ1) is 17.1. The van der Waals surface area contributed by atoms with Crippen LogP contribution >= 0.6 is 0 Å². The Morgan fingerprint density at radius 1 is 0.432 bits per heavy atom. The van der Waals surface area contributed by atoms with E-state index < -0.39 is 0 Å². The summed E-state index contributed by atoms with van der Waals surface area (Å²) in [6, 6.07) is 35.1. The summed E-state index contributed by atoms with van der Waals surface area (Å²) in [7, 11) is 0. The summed E-state index contributed by atoms with van der Waals surface area (Å²) in [4.78, 5) is 0. The Hall–Kier alpha value is -3.12. The van der Waals surface area contributed by atoms with Gasteiger partial charge in [-0.3, -0.25) is 0 Å². The smallest absolute Gasteiger partial charge is 0.0158 e. The molecule has 0 saturated heterocycles. The molecule has 0 N–H and O–H groups in total. The van der Waals surface area contributed by atoms with E-state index in [0.717, 1.165) is 11.8 Å². The van der Waals surface area contributed by atoms with E-state index in [0.29, 0.717) is 0 Å². The van der Waals surface area contributed by atoms with E-state index in [-0.39, 0.29) is 18.3 Å². The van der Waals surface area contributed by atoms with E-state index in [1.807, 2.05) is 0 Å². The monoisotopic (exact) mass is 488 g/mol. The standard InChI is InChI=1S/C16H16.C15H14.C5H10.CH4/c1-16(2)14-9-5-3-7-12(14)11-13-8-4-6-10-15(13)16;1-15(2)13-9-5-3-7-11(13)12-8-4-6-10-14(12)15;1-5(2)3-4-5;/h3-10H,11H2,1-2H3;3-10H,1-2H3;3-4H2,1-2H3;1H4. The molecule has 3 aliphatic carbocycles. The third-order valence-electron chi connectivity index (χ3n) is 8.50. The Bertz CT molecular complexity index is 1280. The second kappa shape index (κ2) is 9.97. The highest BCUT2D eigenvalue weighted by Crippen LogP contribution is 2.48. The molecule has 0 nitrogen and oxygen atoms in total. The van der Waals surface area contributed by atoms with Gasteiger partial charge in [0, 0.05) is 10.8 Å². The molecule has 4 aromatic carbocycles. The first-order valence-corrected chi connectivity index (χ1v) is 13.5. The zero-order valence-electron chi connectivity index (χ0n) is 22.9. The molecule has 0 aromatic heterocycles. The fraction of sp³-hybridized carbons (Fsp3) is 0.351. The Balaban J connectivity index is 0.000000143. The molecule has 4 aromatic rings. The lowest BCUT2D eigenvalue weighted by Gasteiger charge is -2.35. The second-order valence-electron chi connectivity index (χ2n) is 12.5. The third-order valence-corrected chi connectivity index (χ3v) is 8.50. The van der Waals surface area contributed by atoms with Gasteiger partial charge in [0.2, 0.25) is 0 Å². The summed E-state index contributed by atoms with van der Waals surface area (Å²) in [5.41, 5.74) is 12.7. The molecule has 0 heteroatoms. The van der Waals surface area contributed by atoms with Crippen LogP contribution in [0.4, 0.5) is 0 Å². The third kappa shape index (κ3) is 5.17. The predicted molar refractivity (Wildman–Crippen MR) is 162 cm³/mol. The molecule has 0 heterocycles. The van der Waals surface area contributed by atoms with Gasteiger partial charge in [-0.25, -0.2) is 0 Å². The molecule has 0 aliphatic heterocycles. The second-order valence-corrected chi connectivity index (χ2v) is 12.5. The van der Waals surface area contributed by atoms with Crippen LogP contribution in [0, 0.1) is 5.41 Å². The van der Waals surface area contributed by atoms with Gasteiger partial charge in [0.25, 0.3) is 0 Å². The van der Waals surface area contributed by atoms with Crippen LogP contribution in [0.15, 0.2) is 97.1 Å². The van der Waals surface area contributed by atoms with Crippen molar-refractivity contribution in [3.8, 4) is 11.1 Å². The Labute approximate surface area is 225 Å². The van der Waals surface area contributed by atoms with Gasteiger partial charge in [0.1, 0.15) is 0 Å². The lowest BCUT2D eigenvalue weighted by atomic mass is 9.69. The van der Waals surface area contributed by atoms with Crippen LogP contribution in [0.2, 0.25) is 0 Å². The minimum Gasteiger partial charge on any atom is -0.0776 e. The zero-order valence-corrected chi connectivity index (χ0v) is 22.9. The van der Waals surface area contributed by atoms with E-state index >= 15 is 0 Å². The summed E-state index contributed by atoms with van der Waals surface area (Å²) in [6.45, 7) is 13.9. The summed E-state index contributed by atoms with van der Waals surface area (Å²) >= 11 is 0. The SMILES string of the molecule is C.CC1(C)CC1.CC1(C)c2ccccc2-c2ccccc21.CC1(C)c2ccccc2Cc2ccccc21. The number of fused-ring (bicyclic) bond motifs is 5. The summed E-state index contributed by atoms with van der Waals surface area (Å²) in [6.07, 6.45) is 3.98. The first-order valence-electron chi connectivity index (χ1n) is 13.5. The van der Waals surface area contributed by atoms with E-state index in [2.05, 4.69) is 139 Å². The highest BCUT2D eigenvalue weighted by atomic mass is 14.4. The molecule has 0 atom stereocenters. The molecule has 1 fully saturated rings. The van der Waals surface area contributed by atoms with Crippen molar-refractivity contribution in [1.29, 1.82) is 0 Å². The van der Waals surface area contributed by atoms with E-state index in [9.17, 15) is 0 Å². The van der Waals surface area contributed by atoms with Crippen LogP contribution in [0.1, 0.15) is 95.2 Å². The molecule has 0 radical (unpaired) electrons. The fourth-order valence-electron chi connectivity index (χ4n) is 5.84. The Morgan fingerprint density at radius 2 is 0.730 bits per heavy atom. The van der Waals surface area contributed by atoms with Crippen molar-refractivity contribution in [3.63, 3.8) is 0 Å². The van der Waals surface area contributed by atoms with E-state index in [1.54, 1.807) is 0 Å². The van der Waals surface area contributed by atoms with Crippen LogP contribution in [0.5, 0.6) is 0 Å². The van der Waals surface area contributed by atoms with Crippen molar-refractivity contribution < 1.29 is 0 Å². The molecular formula is C37H44. The van der Waals surface area contributed by atoms with Crippen molar-refractivity contribution >= 4 is 0 Å². The normalized spacial score (nSPS) is 17.6. The van der Waals surface area contributed by atoms with Crippen LogP contribution in [-0.2, 0) is 17.3 Å². The van der Waals surface area contributed by atoms with Crippen molar-refractivity contribution in [2.24, 2.45) is 5.41 Å². The molecule has 192 valence electrons. The predicted octanol–water partition coefficient (Wildman–Crippen LogP) is 10.4. The molecule has 3 aliphatic rings. The van der Waals surface area contributed by atoms with E-state index in [1.165, 1.54) is 57.3 Å². The molecule has 0 spiro atoms. The molecule has 0 bridgehead atoms. The van der Waals surface area contributed by atoms with Crippen LogP contribution in [0.25, 0.3) is 11.1 Å². The van der Waals surface area contributed by atoms with Crippen LogP contribution < -0.4 is 0 Å². The number of hydrogen-bond donors (Lipinski definition) is 0.